The van der Waals surface area contributed by atoms with E-state index in [2.05, 4.69) is 50.2 Å². The van der Waals surface area contributed by atoms with Crippen LogP contribution in [0.3, 0.4) is 0 Å². The van der Waals surface area contributed by atoms with E-state index in [1.54, 1.807) is 0 Å². The minimum Gasteiger partial charge on any atom is -0.465 e. The number of ether oxygens (including phenoxy) is 1. The molecule has 3 aromatic rings. The number of likely N-dealkylation sites (N-methyl/N-ethyl adjacent to an activating group) is 1. The van der Waals surface area contributed by atoms with Crippen molar-refractivity contribution in [3.05, 3.63) is 105 Å². The Kier molecular flexibility index (Phi) is 12.1. The molecule has 0 atom stereocenters. The first-order valence-corrected chi connectivity index (χ1v) is 13.0. The Hall–Kier alpha value is -2.04. The van der Waals surface area contributed by atoms with Crippen molar-refractivity contribution >= 4 is 40.8 Å². The van der Waals surface area contributed by atoms with E-state index in [0.717, 1.165) is 16.7 Å². The maximum absolute atomic E-state index is 12.0. The van der Waals surface area contributed by atoms with Crippen LogP contribution < -0.4 is 0 Å². The summed E-state index contributed by atoms with van der Waals surface area (Å²) in [6, 6.07) is 23.7. The predicted octanol–water partition coefficient (Wildman–Crippen LogP) is 8.28. The van der Waals surface area contributed by atoms with Gasteiger partial charge in [0.25, 0.3) is 0 Å². The van der Waals surface area contributed by atoms with Gasteiger partial charge in [0.2, 0.25) is 0 Å². The zero-order chi connectivity index (χ0) is 25.8. The third-order valence-electron chi connectivity index (χ3n) is 5.58. The van der Waals surface area contributed by atoms with Crippen molar-refractivity contribution < 1.29 is 9.53 Å². The first-order chi connectivity index (χ1) is 16.8. The summed E-state index contributed by atoms with van der Waals surface area (Å²) in [5.41, 5.74) is 2.78. The second kappa shape index (κ2) is 14.5. The van der Waals surface area contributed by atoms with Gasteiger partial charge in [0.1, 0.15) is 0 Å². The van der Waals surface area contributed by atoms with Crippen LogP contribution in [0.25, 0.3) is 0 Å². The minimum absolute atomic E-state index is 0.228. The molecule has 0 aromatic heterocycles. The van der Waals surface area contributed by atoms with Crippen LogP contribution in [0, 0.1) is 0 Å². The summed E-state index contributed by atoms with van der Waals surface area (Å²) in [5, 5.41) is 2.03. The molecule has 0 fully saturated rings. The minimum atomic E-state index is -0.497. The maximum Gasteiger partial charge on any atom is 0.320 e. The van der Waals surface area contributed by atoms with Crippen LogP contribution in [0.15, 0.2) is 72.8 Å². The Labute approximate surface area is 225 Å². The van der Waals surface area contributed by atoms with Gasteiger partial charge in [-0.25, -0.2) is 0 Å². The lowest BCUT2D eigenvalue weighted by Crippen LogP contribution is -2.36. The first-order valence-electron chi connectivity index (χ1n) is 11.9. The lowest BCUT2D eigenvalue weighted by molar-refractivity contribution is -0.144. The molecule has 0 saturated heterocycles. The molecule has 0 heterocycles. The third-order valence-corrected chi connectivity index (χ3v) is 6.34. The second-order valence-corrected chi connectivity index (χ2v) is 9.74. The highest BCUT2D eigenvalue weighted by Crippen LogP contribution is 2.43. The van der Waals surface area contributed by atoms with Gasteiger partial charge in [-0.2, -0.15) is 0 Å². The molecule has 0 aliphatic carbocycles. The third kappa shape index (κ3) is 8.25. The summed E-state index contributed by atoms with van der Waals surface area (Å²) in [4.78, 5) is 14.0. The van der Waals surface area contributed by atoms with Gasteiger partial charge in [0, 0.05) is 20.5 Å². The summed E-state index contributed by atoms with van der Waals surface area (Å²) in [6.07, 6.45) is 1.97. The molecule has 3 nitrogen and oxygen atoms in total. The van der Waals surface area contributed by atoms with Gasteiger partial charge in [-0.1, -0.05) is 91.5 Å². The van der Waals surface area contributed by atoms with Gasteiger partial charge >= 0.3 is 5.97 Å². The lowest BCUT2D eigenvalue weighted by Gasteiger charge is -2.37. The molecule has 0 bridgehead atoms. The average molecular weight is 535 g/mol. The number of carbonyl (C=O) groups excluding carboxylic acids is 1. The number of hydrogen-bond acceptors (Lipinski definition) is 3. The van der Waals surface area contributed by atoms with E-state index in [1.807, 2.05) is 55.3 Å². The van der Waals surface area contributed by atoms with Crippen molar-refractivity contribution in [2.75, 3.05) is 26.7 Å². The van der Waals surface area contributed by atoms with E-state index in [0.29, 0.717) is 34.6 Å². The SMILES string of the molecule is CCC.CCOC(=O)CN(C)CCC(c1ccc(Cl)cc1)(c1ccc(Cl)cc1)c1ccc(Cl)cc1. The Bertz CT molecular complexity index is 924. The van der Waals surface area contributed by atoms with Crippen molar-refractivity contribution in [2.24, 2.45) is 0 Å². The van der Waals surface area contributed by atoms with Crippen molar-refractivity contribution in [1.29, 1.82) is 0 Å². The van der Waals surface area contributed by atoms with Gasteiger partial charge in [0.15, 0.2) is 0 Å². The zero-order valence-corrected chi connectivity index (χ0v) is 23.1. The van der Waals surface area contributed by atoms with Gasteiger partial charge in [0.05, 0.1) is 13.2 Å². The number of nitrogens with zero attached hydrogens (tertiary/aromatic N) is 1. The Morgan fingerprint density at radius 3 is 1.40 bits per heavy atom. The molecule has 3 rings (SSSR count). The average Bonchev–Trinajstić information content (AvgIpc) is 2.83. The van der Waals surface area contributed by atoms with Gasteiger partial charge < -0.3 is 4.74 Å². The van der Waals surface area contributed by atoms with E-state index in [9.17, 15) is 4.79 Å². The quantitative estimate of drug-likeness (QED) is 0.204. The highest BCUT2D eigenvalue weighted by Gasteiger charge is 2.36. The lowest BCUT2D eigenvalue weighted by atomic mass is 9.67. The molecular formula is C29H34Cl3NO2. The van der Waals surface area contributed by atoms with Crippen LogP contribution in [-0.4, -0.2) is 37.6 Å². The van der Waals surface area contributed by atoms with E-state index in [4.69, 9.17) is 39.5 Å². The Balaban J connectivity index is 0.00000137. The van der Waals surface area contributed by atoms with Gasteiger partial charge in [-0.15, -0.1) is 0 Å². The molecule has 0 amide bonds. The number of halogens is 3. The Morgan fingerprint density at radius 2 is 1.09 bits per heavy atom. The van der Waals surface area contributed by atoms with E-state index in [1.165, 1.54) is 6.42 Å². The molecule has 188 valence electrons. The number of benzene rings is 3. The molecule has 3 aromatic carbocycles. The molecule has 0 radical (unpaired) electrons. The fourth-order valence-corrected chi connectivity index (χ4v) is 4.38. The molecule has 6 heteroatoms. The normalized spacial score (nSPS) is 11.1. The van der Waals surface area contributed by atoms with Crippen LogP contribution >= 0.6 is 34.8 Å². The predicted molar refractivity (Wildman–Crippen MR) is 149 cm³/mol. The molecule has 0 saturated carbocycles. The van der Waals surface area contributed by atoms with Gasteiger partial charge in [-0.3, -0.25) is 9.69 Å². The highest BCUT2D eigenvalue weighted by molar-refractivity contribution is 6.31. The monoisotopic (exact) mass is 533 g/mol. The molecular weight excluding hydrogens is 501 g/mol. The highest BCUT2D eigenvalue weighted by atomic mass is 35.5. The van der Waals surface area contributed by atoms with E-state index >= 15 is 0 Å². The summed E-state index contributed by atoms with van der Waals surface area (Å²) < 4.78 is 5.11. The summed E-state index contributed by atoms with van der Waals surface area (Å²) in [6.45, 7) is 7.32. The van der Waals surface area contributed by atoms with Crippen LogP contribution in [0.1, 0.15) is 50.3 Å². The summed E-state index contributed by atoms with van der Waals surface area (Å²) in [5.74, 6) is -0.231. The van der Waals surface area contributed by atoms with Crippen LogP contribution in [0.2, 0.25) is 15.1 Å². The Morgan fingerprint density at radius 1 is 0.743 bits per heavy atom. The summed E-state index contributed by atoms with van der Waals surface area (Å²) in [7, 11) is 1.92. The van der Waals surface area contributed by atoms with Crippen molar-refractivity contribution in [3.63, 3.8) is 0 Å². The van der Waals surface area contributed by atoms with Crippen molar-refractivity contribution in [2.45, 2.75) is 39.0 Å². The van der Waals surface area contributed by atoms with E-state index in [-0.39, 0.29) is 12.5 Å². The van der Waals surface area contributed by atoms with Crippen molar-refractivity contribution in [3.8, 4) is 0 Å². The van der Waals surface area contributed by atoms with E-state index < -0.39 is 5.41 Å². The fourth-order valence-electron chi connectivity index (χ4n) is 4.00. The van der Waals surface area contributed by atoms with Gasteiger partial charge in [-0.05, 0) is 80.0 Å². The molecule has 0 unspecified atom stereocenters. The summed E-state index contributed by atoms with van der Waals surface area (Å²) >= 11 is 18.6. The van der Waals surface area contributed by atoms with Crippen LogP contribution in [-0.2, 0) is 14.9 Å². The van der Waals surface area contributed by atoms with Crippen LogP contribution in [0.5, 0.6) is 0 Å². The number of carbonyl (C=O) groups is 1. The molecule has 0 spiro atoms. The van der Waals surface area contributed by atoms with Crippen molar-refractivity contribution in [1.82, 2.24) is 4.90 Å². The van der Waals surface area contributed by atoms with Crippen LogP contribution in [0.4, 0.5) is 0 Å². The molecule has 35 heavy (non-hydrogen) atoms. The second-order valence-electron chi connectivity index (χ2n) is 8.43. The number of rotatable bonds is 9. The fraction of sp³-hybridized carbons (Fsp3) is 0.345. The standard InChI is InChI=1S/C26H26Cl3NO2.C3H8/c1-3-32-25(31)18-30(2)17-16-26(19-4-10-22(27)11-5-19,20-6-12-23(28)13-7-20)21-8-14-24(29)15-9-21;1-3-2/h4-15H,3,16-18H2,1-2H3;3H2,1-2H3. The number of hydrogen-bond donors (Lipinski definition) is 0. The molecule has 0 N–H and O–H groups in total. The zero-order valence-electron chi connectivity index (χ0n) is 20.9. The smallest absolute Gasteiger partial charge is 0.320 e. The largest absolute Gasteiger partial charge is 0.465 e. The first kappa shape index (κ1) is 29.2. The topological polar surface area (TPSA) is 29.5 Å². The molecule has 0 aliphatic heterocycles. The maximum atomic E-state index is 12.0. The molecule has 0 aliphatic rings. The number of esters is 1.